The molecule has 0 aliphatic heterocycles. The molecule has 2 heterocycles. The van der Waals surface area contributed by atoms with Crippen LogP contribution in [0, 0.1) is 6.92 Å². The molecule has 2 N–H and O–H groups in total. The maximum Gasteiger partial charge on any atom is 0.251 e. The topological polar surface area (TPSA) is 84.2 Å². The number of aryl methyl sites for hydroxylation is 1. The lowest BCUT2D eigenvalue weighted by molar-refractivity contribution is -0.123. The van der Waals surface area contributed by atoms with Gasteiger partial charge in [-0.05, 0) is 50.3 Å². The Labute approximate surface area is 146 Å². The van der Waals surface area contributed by atoms with Crippen LogP contribution >= 0.6 is 0 Å². The minimum atomic E-state index is -0.872. The van der Waals surface area contributed by atoms with Gasteiger partial charge in [0.05, 0.1) is 5.60 Å². The number of aromatic nitrogens is 2. The molecule has 0 saturated heterocycles. The first-order valence-corrected chi connectivity index (χ1v) is 8.56. The average Bonchev–Trinajstić information content (AvgIpc) is 2.60. The van der Waals surface area contributed by atoms with Crippen LogP contribution in [-0.4, -0.2) is 26.6 Å². The fourth-order valence-electron chi connectivity index (χ4n) is 3.33. The second kappa shape index (κ2) is 7.19. The number of hydrogen-bond donors (Lipinski definition) is 2. The monoisotopic (exact) mass is 341 g/mol. The smallest absolute Gasteiger partial charge is 0.251 e. The summed E-state index contributed by atoms with van der Waals surface area (Å²) < 4.78 is 1.40. The van der Waals surface area contributed by atoms with E-state index >= 15 is 0 Å². The fraction of sp³-hybridized carbons (Fsp3) is 0.421. The number of nitrogens with one attached hydrogen (secondary N) is 1. The molecule has 6 nitrogen and oxygen atoms in total. The molecule has 2 aromatic heterocycles. The third kappa shape index (κ3) is 4.14. The van der Waals surface area contributed by atoms with E-state index in [1.165, 1.54) is 10.6 Å². The molecular weight excluding hydrogens is 318 g/mol. The summed E-state index contributed by atoms with van der Waals surface area (Å²) in [4.78, 5) is 28.1. The molecule has 25 heavy (non-hydrogen) atoms. The van der Waals surface area contributed by atoms with Crippen molar-refractivity contribution in [3.05, 3.63) is 64.3 Å². The first-order chi connectivity index (χ1) is 12.0. The minimum absolute atomic E-state index is 0.0164. The van der Waals surface area contributed by atoms with Gasteiger partial charge in [0.25, 0.3) is 5.56 Å². The van der Waals surface area contributed by atoms with Gasteiger partial charge in [0, 0.05) is 36.3 Å². The number of hydrogen-bond acceptors (Lipinski definition) is 4. The summed E-state index contributed by atoms with van der Waals surface area (Å²) in [7, 11) is 0. The lowest BCUT2D eigenvalue weighted by Crippen LogP contribution is -2.44. The SMILES string of the molecule is Cc1ccn(CC(=O)NC2CCC(O)(c3cccnc3)CC2)c(=O)c1. The van der Waals surface area contributed by atoms with E-state index in [9.17, 15) is 14.7 Å². The third-order valence-corrected chi connectivity index (χ3v) is 4.84. The van der Waals surface area contributed by atoms with E-state index in [0.29, 0.717) is 25.7 Å². The van der Waals surface area contributed by atoms with Gasteiger partial charge in [0.1, 0.15) is 6.54 Å². The van der Waals surface area contributed by atoms with Crippen molar-refractivity contribution in [1.29, 1.82) is 0 Å². The fourth-order valence-corrected chi connectivity index (χ4v) is 3.33. The van der Waals surface area contributed by atoms with E-state index in [4.69, 9.17) is 0 Å². The van der Waals surface area contributed by atoms with Gasteiger partial charge in [-0.2, -0.15) is 0 Å². The first-order valence-electron chi connectivity index (χ1n) is 8.56. The summed E-state index contributed by atoms with van der Waals surface area (Å²) in [5.41, 5.74) is 0.656. The number of aliphatic hydroxyl groups is 1. The second-order valence-corrected chi connectivity index (χ2v) is 6.79. The highest BCUT2D eigenvalue weighted by molar-refractivity contribution is 5.76. The van der Waals surface area contributed by atoms with Crippen LogP contribution in [0.15, 0.2) is 47.7 Å². The Morgan fingerprint density at radius 2 is 2.16 bits per heavy atom. The maximum absolute atomic E-state index is 12.2. The minimum Gasteiger partial charge on any atom is -0.385 e. The molecule has 0 radical (unpaired) electrons. The first kappa shape index (κ1) is 17.4. The molecule has 0 spiro atoms. The van der Waals surface area contributed by atoms with Crippen molar-refractivity contribution >= 4 is 5.91 Å². The lowest BCUT2D eigenvalue weighted by Gasteiger charge is -2.36. The highest BCUT2D eigenvalue weighted by Crippen LogP contribution is 2.36. The molecule has 0 bridgehead atoms. The Bertz CT molecular complexity index is 793. The van der Waals surface area contributed by atoms with Gasteiger partial charge in [-0.15, -0.1) is 0 Å². The standard InChI is InChI=1S/C19H23N3O3/c1-14-6-10-22(18(24)11-14)13-17(23)21-16-4-7-19(25,8-5-16)15-3-2-9-20-12-15/h2-3,6,9-12,16,25H,4-5,7-8,13H2,1H3,(H,21,23). The van der Waals surface area contributed by atoms with Crippen molar-refractivity contribution in [3.8, 4) is 0 Å². The molecule has 1 aliphatic carbocycles. The van der Waals surface area contributed by atoms with Gasteiger partial charge < -0.3 is 15.0 Å². The van der Waals surface area contributed by atoms with Gasteiger partial charge in [-0.3, -0.25) is 14.6 Å². The van der Waals surface area contributed by atoms with Crippen molar-refractivity contribution < 1.29 is 9.90 Å². The van der Waals surface area contributed by atoms with Crippen LogP contribution in [0.5, 0.6) is 0 Å². The van der Waals surface area contributed by atoms with Crippen molar-refractivity contribution in [2.24, 2.45) is 0 Å². The predicted molar refractivity (Wildman–Crippen MR) is 94.0 cm³/mol. The van der Waals surface area contributed by atoms with Gasteiger partial charge in [-0.25, -0.2) is 0 Å². The Kier molecular flexibility index (Phi) is 4.99. The van der Waals surface area contributed by atoms with Gasteiger partial charge in [0.2, 0.25) is 5.91 Å². The highest BCUT2D eigenvalue weighted by Gasteiger charge is 2.35. The molecule has 0 unspecified atom stereocenters. The van der Waals surface area contributed by atoms with E-state index in [0.717, 1.165) is 11.1 Å². The molecule has 1 saturated carbocycles. The highest BCUT2D eigenvalue weighted by atomic mass is 16.3. The molecule has 6 heteroatoms. The average molecular weight is 341 g/mol. The zero-order valence-corrected chi connectivity index (χ0v) is 14.3. The van der Waals surface area contributed by atoms with Crippen LogP contribution in [0.4, 0.5) is 0 Å². The van der Waals surface area contributed by atoms with E-state index in [1.54, 1.807) is 18.6 Å². The Morgan fingerprint density at radius 3 is 2.80 bits per heavy atom. The van der Waals surface area contributed by atoms with Crippen LogP contribution in [0.1, 0.15) is 36.8 Å². The second-order valence-electron chi connectivity index (χ2n) is 6.79. The molecule has 3 rings (SSSR count). The zero-order valence-electron chi connectivity index (χ0n) is 14.3. The number of carbonyl (C=O) groups is 1. The van der Waals surface area contributed by atoms with Crippen LogP contribution in [0.2, 0.25) is 0 Å². The van der Waals surface area contributed by atoms with E-state index in [1.807, 2.05) is 25.1 Å². The zero-order chi connectivity index (χ0) is 17.9. The van der Waals surface area contributed by atoms with Crippen molar-refractivity contribution in [1.82, 2.24) is 14.9 Å². The summed E-state index contributed by atoms with van der Waals surface area (Å²) >= 11 is 0. The number of amides is 1. The van der Waals surface area contributed by atoms with Gasteiger partial charge >= 0.3 is 0 Å². The van der Waals surface area contributed by atoms with Crippen LogP contribution < -0.4 is 10.9 Å². The predicted octanol–water partition coefficient (Wildman–Crippen LogP) is 1.50. The molecule has 0 atom stereocenters. The summed E-state index contributed by atoms with van der Waals surface area (Å²) in [6.07, 6.45) is 7.57. The number of nitrogens with zero attached hydrogens (tertiary/aromatic N) is 2. The van der Waals surface area contributed by atoms with Crippen LogP contribution in [0.3, 0.4) is 0 Å². The van der Waals surface area contributed by atoms with E-state index < -0.39 is 5.60 Å². The summed E-state index contributed by atoms with van der Waals surface area (Å²) in [6.45, 7) is 1.86. The Hall–Kier alpha value is -2.47. The summed E-state index contributed by atoms with van der Waals surface area (Å²) in [5.74, 6) is -0.178. The molecular formula is C19H23N3O3. The molecule has 1 amide bonds. The van der Waals surface area contributed by atoms with Crippen molar-refractivity contribution in [2.45, 2.75) is 50.8 Å². The lowest BCUT2D eigenvalue weighted by atomic mass is 9.78. The third-order valence-electron chi connectivity index (χ3n) is 4.84. The van der Waals surface area contributed by atoms with Crippen LogP contribution in [0.25, 0.3) is 0 Å². The largest absolute Gasteiger partial charge is 0.385 e. The number of pyridine rings is 2. The molecule has 1 fully saturated rings. The molecule has 2 aromatic rings. The molecule has 1 aliphatic rings. The van der Waals surface area contributed by atoms with E-state index in [-0.39, 0.29) is 24.1 Å². The van der Waals surface area contributed by atoms with E-state index in [2.05, 4.69) is 10.3 Å². The van der Waals surface area contributed by atoms with Crippen molar-refractivity contribution in [2.75, 3.05) is 0 Å². The van der Waals surface area contributed by atoms with Crippen LogP contribution in [-0.2, 0) is 16.9 Å². The normalized spacial score (nSPS) is 23.2. The van der Waals surface area contributed by atoms with Gasteiger partial charge in [-0.1, -0.05) is 6.07 Å². The maximum atomic E-state index is 12.2. The Balaban J connectivity index is 1.55. The quantitative estimate of drug-likeness (QED) is 0.883. The number of carbonyl (C=O) groups excluding carboxylic acids is 1. The van der Waals surface area contributed by atoms with Crippen molar-refractivity contribution in [3.63, 3.8) is 0 Å². The summed E-state index contributed by atoms with van der Waals surface area (Å²) in [6, 6.07) is 7.05. The molecule has 132 valence electrons. The number of rotatable bonds is 4. The summed E-state index contributed by atoms with van der Waals surface area (Å²) in [5, 5.41) is 13.8. The Morgan fingerprint density at radius 1 is 1.40 bits per heavy atom. The molecule has 0 aromatic carbocycles. The van der Waals surface area contributed by atoms with Gasteiger partial charge in [0.15, 0.2) is 0 Å².